The fraction of sp³-hybridized carbons (Fsp3) is 0.333. The number of ether oxygens (including phenoxy) is 1. The summed E-state index contributed by atoms with van der Waals surface area (Å²) in [5, 5.41) is 12.9. The SMILES string of the molecule is CC(C)C(O)CC(=O)Nc1ccc(OCc2ccccn2)c(Cl)c1. The molecule has 0 saturated carbocycles. The Morgan fingerprint density at radius 2 is 2.12 bits per heavy atom. The fourth-order valence-electron chi connectivity index (χ4n) is 1.97. The standard InChI is InChI=1S/C18H21ClN2O3/c1-12(2)16(22)10-18(23)21-13-6-7-17(15(19)9-13)24-11-14-5-3-4-8-20-14/h3-9,12,16,22H,10-11H2,1-2H3,(H,21,23). The zero-order valence-corrected chi connectivity index (χ0v) is 14.5. The van der Waals surface area contributed by atoms with Crippen molar-refractivity contribution in [3.8, 4) is 5.75 Å². The number of hydrogen-bond donors (Lipinski definition) is 2. The number of carbonyl (C=O) groups excluding carboxylic acids is 1. The smallest absolute Gasteiger partial charge is 0.226 e. The van der Waals surface area contributed by atoms with Gasteiger partial charge in [-0.2, -0.15) is 0 Å². The molecule has 0 bridgehead atoms. The first kappa shape index (κ1) is 18.2. The maximum atomic E-state index is 11.9. The molecular formula is C18H21ClN2O3. The van der Waals surface area contributed by atoms with Gasteiger partial charge in [0.1, 0.15) is 12.4 Å². The van der Waals surface area contributed by atoms with Gasteiger partial charge in [0.2, 0.25) is 5.91 Å². The molecule has 0 fully saturated rings. The maximum Gasteiger partial charge on any atom is 0.226 e. The van der Waals surface area contributed by atoms with Gasteiger partial charge in [0.15, 0.2) is 0 Å². The molecule has 2 N–H and O–H groups in total. The molecule has 2 rings (SSSR count). The number of benzene rings is 1. The van der Waals surface area contributed by atoms with Crippen LogP contribution in [-0.2, 0) is 11.4 Å². The first-order valence-corrected chi connectivity index (χ1v) is 8.13. The molecule has 0 aliphatic rings. The molecule has 2 aromatic rings. The van der Waals surface area contributed by atoms with Gasteiger partial charge in [0.05, 0.1) is 23.2 Å². The van der Waals surface area contributed by atoms with E-state index in [1.807, 2.05) is 32.0 Å². The maximum absolute atomic E-state index is 11.9. The Morgan fingerprint density at radius 3 is 2.75 bits per heavy atom. The monoisotopic (exact) mass is 348 g/mol. The van der Waals surface area contributed by atoms with Gasteiger partial charge >= 0.3 is 0 Å². The number of hydrogen-bond acceptors (Lipinski definition) is 4. The van der Waals surface area contributed by atoms with Crippen LogP contribution in [0.15, 0.2) is 42.6 Å². The van der Waals surface area contributed by atoms with Gasteiger partial charge in [-0.05, 0) is 36.2 Å². The average molecular weight is 349 g/mol. The molecule has 1 unspecified atom stereocenters. The van der Waals surface area contributed by atoms with Gasteiger partial charge in [0, 0.05) is 11.9 Å². The van der Waals surface area contributed by atoms with Crippen molar-refractivity contribution in [1.82, 2.24) is 4.98 Å². The molecule has 0 aliphatic carbocycles. The number of aromatic nitrogens is 1. The number of amides is 1. The number of halogens is 1. The Kier molecular flexibility index (Phi) is 6.58. The molecule has 0 saturated heterocycles. The minimum Gasteiger partial charge on any atom is -0.486 e. The number of aliphatic hydroxyl groups is 1. The highest BCUT2D eigenvalue weighted by Gasteiger charge is 2.15. The highest BCUT2D eigenvalue weighted by molar-refractivity contribution is 6.32. The number of anilines is 1. The minimum atomic E-state index is -0.665. The quantitative estimate of drug-likeness (QED) is 0.801. The lowest BCUT2D eigenvalue weighted by Crippen LogP contribution is -2.23. The Bertz CT molecular complexity index is 677. The highest BCUT2D eigenvalue weighted by Crippen LogP contribution is 2.28. The Hall–Kier alpha value is -2.11. The first-order chi connectivity index (χ1) is 11.5. The second-order valence-electron chi connectivity index (χ2n) is 5.82. The van der Waals surface area contributed by atoms with Crippen molar-refractivity contribution in [2.24, 2.45) is 5.92 Å². The summed E-state index contributed by atoms with van der Waals surface area (Å²) < 4.78 is 5.63. The lowest BCUT2D eigenvalue weighted by Gasteiger charge is -2.14. The Balaban J connectivity index is 1.93. The van der Waals surface area contributed by atoms with E-state index in [0.717, 1.165) is 5.69 Å². The zero-order valence-electron chi connectivity index (χ0n) is 13.7. The summed E-state index contributed by atoms with van der Waals surface area (Å²) in [6.07, 6.45) is 1.08. The first-order valence-electron chi connectivity index (χ1n) is 7.76. The number of carbonyl (C=O) groups is 1. The molecule has 1 aromatic carbocycles. The van der Waals surface area contributed by atoms with E-state index in [-0.39, 0.29) is 18.2 Å². The van der Waals surface area contributed by atoms with Crippen LogP contribution in [0.5, 0.6) is 5.75 Å². The van der Waals surface area contributed by atoms with E-state index < -0.39 is 6.10 Å². The van der Waals surface area contributed by atoms with Crippen LogP contribution in [0, 0.1) is 5.92 Å². The molecule has 1 atom stereocenters. The summed E-state index contributed by atoms with van der Waals surface area (Å²) in [5.74, 6) is 0.290. The molecule has 128 valence electrons. The molecule has 1 heterocycles. The summed E-state index contributed by atoms with van der Waals surface area (Å²) in [4.78, 5) is 16.1. The van der Waals surface area contributed by atoms with Crippen LogP contribution in [0.25, 0.3) is 0 Å². The molecule has 5 nitrogen and oxygen atoms in total. The van der Waals surface area contributed by atoms with Gasteiger partial charge in [-0.25, -0.2) is 0 Å². The predicted octanol–water partition coefficient (Wildman–Crippen LogP) is 3.66. The van der Waals surface area contributed by atoms with Crippen molar-refractivity contribution in [2.45, 2.75) is 33.0 Å². The van der Waals surface area contributed by atoms with Gasteiger partial charge < -0.3 is 15.2 Å². The van der Waals surface area contributed by atoms with Crippen LogP contribution < -0.4 is 10.1 Å². The summed E-state index contributed by atoms with van der Waals surface area (Å²) in [7, 11) is 0. The molecule has 1 aromatic heterocycles. The largest absolute Gasteiger partial charge is 0.486 e. The van der Waals surface area contributed by atoms with Crippen molar-refractivity contribution in [3.63, 3.8) is 0 Å². The van der Waals surface area contributed by atoms with Gasteiger partial charge in [0.25, 0.3) is 0 Å². The van der Waals surface area contributed by atoms with Crippen LogP contribution in [0.3, 0.4) is 0 Å². The van der Waals surface area contributed by atoms with E-state index in [0.29, 0.717) is 23.1 Å². The fourth-order valence-corrected chi connectivity index (χ4v) is 2.20. The lowest BCUT2D eigenvalue weighted by molar-refractivity contribution is -0.118. The van der Waals surface area contributed by atoms with Crippen molar-refractivity contribution >= 4 is 23.2 Å². The lowest BCUT2D eigenvalue weighted by atomic mass is 10.0. The zero-order chi connectivity index (χ0) is 17.5. The van der Waals surface area contributed by atoms with Crippen molar-refractivity contribution in [3.05, 3.63) is 53.3 Å². The third-order valence-corrected chi connectivity index (χ3v) is 3.78. The summed E-state index contributed by atoms with van der Waals surface area (Å²) in [6.45, 7) is 4.04. The third-order valence-electron chi connectivity index (χ3n) is 3.48. The number of nitrogens with one attached hydrogen (secondary N) is 1. The van der Waals surface area contributed by atoms with Gasteiger partial charge in [-0.15, -0.1) is 0 Å². The molecule has 0 radical (unpaired) electrons. The summed E-state index contributed by atoms with van der Waals surface area (Å²) >= 11 is 6.19. The van der Waals surface area contributed by atoms with E-state index >= 15 is 0 Å². The van der Waals surface area contributed by atoms with E-state index in [9.17, 15) is 9.90 Å². The van der Waals surface area contributed by atoms with Gasteiger partial charge in [-0.3, -0.25) is 9.78 Å². The van der Waals surface area contributed by atoms with Crippen LogP contribution in [0.1, 0.15) is 26.0 Å². The number of aliphatic hydroxyl groups excluding tert-OH is 1. The van der Waals surface area contributed by atoms with Crippen LogP contribution in [0.4, 0.5) is 5.69 Å². The van der Waals surface area contributed by atoms with E-state index in [4.69, 9.17) is 16.3 Å². The Morgan fingerprint density at radius 1 is 1.33 bits per heavy atom. The number of nitrogens with zero attached hydrogens (tertiary/aromatic N) is 1. The average Bonchev–Trinajstić information content (AvgIpc) is 2.54. The molecule has 1 amide bonds. The van der Waals surface area contributed by atoms with E-state index in [1.165, 1.54) is 0 Å². The molecule has 24 heavy (non-hydrogen) atoms. The second-order valence-corrected chi connectivity index (χ2v) is 6.23. The van der Waals surface area contributed by atoms with Crippen molar-refractivity contribution < 1.29 is 14.6 Å². The molecule has 0 spiro atoms. The van der Waals surface area contributed by atoms with Crippen molar-refractivity contribution in [1.29, 1.82) is 0 Å². The van der Waals surface area contributed by atoms with Crippen LogP contribution in [0.2, 0.25) is 5.02 Å². The van der Waals surface area contributed by atoms with Crippen molar-refractivity contribution in [2.75, 3.05) is 5.32 Å². The summed E-state index contributed by atoms with van der Waals surface area (Å²) in [5.41, 5.74) is 1.36. The molecule has 6 heteroatoms. The molecular weight excluding hydrogens is 328 g/mol. The highest BCUT2D eigenvalue weighted by atomic mass is 35.5. The van der Waals surface area contributed by atoms with E-state index in [2.05, 4.69) is 10.3 Å². The number of rotatable bonds is 7. The van der Waals surface area contributed by atoms with Crippen LogP contribution >= 0.6 is 11.6 Å². The normalized spacial score (nSPS) is 12.0. The van der Waals surface area contributed by atoms with Crippen LogP contribution in [-0.4, -0.2) is 22.1 Å². The summed E-state index contributed by atoms with van der Waals surface area (Å²) in [6, 6.07) is 10.6. The minimum absolute atomic E-state index is 0.0294. The predicted molar refractivity (Wildman–Crippen MR) is 94.1 cm³/mol. The van der Waals surface area contributed by atoms with E-state index in [1.54, 1.807) is 24.4 Å². The third kappa shape index (κ3) is 5.51. The second kappa shape index (κ2) is 8.66. The molecule has 0 aliphatic heterocycles. The number of pyridine rings is 1. The topological polar surface area (TPSA) is 71.5 Å². The Labute approximate surface area is 146 Å². The van der Waals surface area contributed by atoms with Gasteiger partial charge in [-0.1, -0.05) is 31.5 Å².